The van der Waals surface area contributed by atoms with E-state index >= 15 is 0 Å². The van der Waals surface area contributed by atoms with Crippen LogP contribution in [0, 0.1) is 11.3 Å². The minimum absolute atomic E-state index is 0.116. The second kappa shape index (κ2) is 4.44. The highest BCUT2D eigenvalue weighted by atomic mass is 16.4. The highest BCUT2D eigenvalue weighted by Gasteiger charge is 2.12. The van der Waals surface area contributed by atoms with Crippen LogP contribution in [0.15, 0.2) is 18.2 Å². The molecule has 5 nitrogen and oxygen atoms in total. The Morgan fingerprint density at radius 1 is 1.60 bits per heavy atom. The van der Waals surface area contributed by atoms with E-state index in [9.17, 15) is 9.90 Å². The van der Waals surface area contributed by atoms with Crippen molar-refractivity contribution in [1.29, 1.82) is 5.26 Å². The van der Waals surface area contributed by atoms with Crippen LogP contribution in [0.2, 0.25) is 0 Å². The lowest BCUT2D eigenvalue weighted by molar-refractivity contribution is -0.138. The maximum Gasteiger partial charge on any atom is 0.320 e. The number of aromatic hydroxyl groups is 1. The van der Waals surface area contributed by atoms with Crippen LogP contribution < -0.4 is 5.73 Å². The van der Waals surface area contributed by atoms with E-state index in [0.717, 1.165) is 0 Å². The van der Waals surface area contributed by atoms with Gasteiger partial charge in [-0.2, -0.15) is 5.26 Å². The third-order valence-electron chi connectivity index (χ3n) is 1.95. The van der Waals surface area contributed by atoms with Crippen molar-refractivity contribution in [3.05, 3.63) is 29.3 Å². The van der Waals surface area contributed by atoms with Crippen molar-refractivity contribution in [2.45, 2.75) is 12.5 Å². The van der Waals surface area contributed by atoms with E-state index in [1.54, 1.807) is 12.1 Å². The summed E-state index contributed by atoms with van der Waals surface area (Å²) in [7, 11) is 0. The standard InChI is InChI=1S/C10H10N2O3/c11-5-7-3-6(1-2-9(7)13)4-8(12)10(14)15/h1-3,8,13H,4,12H2,(H,14,15)/t8-/m0/s1. The first kappa shape index (κ1) is 11.0. The number of benzene rings is 1. The molecule has 0 spiro atoms. The van der Waals surface area contributed by atoms with Crippen LogP contribution in [0.1, 0.15) is 11.1 Å². The highest BCUT2D eigenvalue weighted by Crippen LogP contribution is 2.17. The predicted octanol–water partition coefficient (Wildman–Crippen LogP) is 0.218. The van der Waals surface area contributed by atoms with Crippen molar-refractivity contribution >= 4 is 5.97 Å². The molecule has 0 aliphatic heterocycles. The highest BCUT2D eigenvalue weighted by molar-refractivity contribution is 5.73. The summed E-state index contributed by atoms with van der Waals surface area (Å²) in [5, 5.41) is 26.4. The van der Waals surface area contributed by atoms with Crippen LogP contribution in [0.4, 0.5) is 0 Å². The van der Waals surface area contributed by atoms with E-state index in [2.05, 4.69) is 0 Å². The Morgan fingerprint density at radius 3 is 2.80 bits per heavy atom. The summed E-state index contributed by atoms with van der Waals surface area (Å²) in [6, 6.07) is 5.12. The Bertz CT molecular complexity index is 423. The molecular formula is C10H10N2O3. The number of nitrogens with two attached hydrogens (primary N) is 1. The summed E-state index contributed by atoms with van der Waals surface area (Å²) in [4.78, 5) is 10.5. The van der Waals surface area contributed by atoms with Crippen molar-refractivity contribution in [2.75, 3.05) is 0 Å². The minimum Gasteiger partial charge on any atom is -0.507 e. The summed E-state index contributed by atoms with van der Waals surface area (Å²) >= 11 is 0. The molecule has 0 aliphatic rings. The van der Waals surface area contributed by atoms with Crippen LogP contribution >= 0.6 is 0 Å². The van der Waals surface area contributed by atoms with Gasteiger partial charge in [-0.1, -0.05) is 6.07 Å². The molecule has 1 rings (SSSR count). The van der Waals surface area contributed by atoms with Gasteiger partial charge in [-0.05, 0) is 24.1 Å². The quantitative estimate of drug-likeness (QED) is 0.655. The van der Waals surface area contributed by atoms with Gasteiger partial charge in [-0.3, -0.25) is 4.79 Å². The zero-order valence-electron chi connectivity index (χ0n) is 7.84. The van der Waals surface area contributed by atoms with Gasteiger partial charge < -0.3 is 15.9 Å². The normalized spacial score (nSPS) is 11.7. The largest absolute Gasteiger partial charge is 0.507 e. The number of hydrogen-bond donors (Lipinski definition) is 3. The van der Waals surface area contributed by atoms with E-state index in [0.29, 0.717) is 5.56 Å². The Morgan fingerprint density at radius 2 is 2.27 bits per heavy atom. The number of nitriles is 1. The van der Waals surface area contributed by atoms with Crippen LogP contribution in [-0.4, -0.2) is 22.2 Å². The van der Waals surface area contributed by atoms with Crippen LogP contribution in [0.3, 0.4) is 0 Å². The molecule has 0 radical (unpaired) electrons. The zero-order valence-corrected chi connectivity index (χ0v) is 7.84. The summed E-state index contributed by atoms with van der Waals surface area (Å²) in [5.74, 6) is -1.22. The third kappa shape index (κ3) is 2.69. The van der Waals surface area contributed by atoms with Gasteiger partial charge in [-0.25, -0.2) is 0 Å². The molecule has 0 fully saturated rings. The van der Waals surface area contributed by atoms with Gasteiger partial charge in [0.15, 0.2) is 0 Å². The van der Waals surface area contributed by atoms with Crippen LogP contribution in [-0.2, 0) is 11.2 Å². The average molecular weight is 206 g/mol. The van der Waals surface area contributed by atoms with Crippen molar-refractivity contribution in [3.63, 3.8) is 0 Å². The fourth-order valence-electron chi connectivity index (χ4n) is 1.14. The number of rotatable bonds is 3. The molecule has 1 atom stereocenters. The zero-order chi connectivity index (χ0) is 11.4. The van der Waals surface area contributed by atoms with Crippen molar-refractivity contribution in [2.24, 2.45) is 5.73 Å². The Balaban J connectivity index is 2.89. The molecule has 1 aromatic rings. The number of aliphatic carboxylic acids is 1. The van der Waals surface area contributed by atoms with Crippen molar-refractivity contribution < 1.29 is 15.0 Å². The van der Waals surface area contributed by atoms with Gasteiger partial charge in [0.05, 0.1) is 5.56 Å². The third-order valence-corrected chi connectivity index (χ3v) is 1.95. The van der Waals surface area contributed by atoms with Gasteiger partial charge in [0, 0.05) is 0 Å². The Kier molecular flexibility index (Phi) is 3.26. The van der Waals surface area contributed by atoms with Crippen LogP contribution in [0.5, 0.6) is 5.75 Å². The summed E-state index contributed by atoms with van der Waals surface area (Å²) < 4.78 is 0. The molecule has 0 aromatic heterocycles. The Hall–Kier alpha value is -2.06. The SMILES string of the molecule is N#Cc1cc(C[C@H](N)C(=O)O)ccc1O. The molecule has 15 heavy (non-hydrogen) atoms. The van der Waals surface area contributed by atoms with Crippen molar-refractivity contribution in [1.82, 2.24) is 0 Å². The van der Waals surface area contributed by atoms with Crippen molar-refractivity contribution in [3.8, 4) is 11.8 Å². The lowest BCUT2D eigenvalue weighted by Gasteiger charge is -2.06. The fourth-order valence-corrected chi connectivity index (χ4v) is 1.14. The summed E-state index contributed by atoms with van der Waals surface area (Å²) in [6.45, 7) is 0. The monoisotopic (exact) mass is 206 g/mol. The van der Waals surface area contributed by atoms with E-state index in [1.165, 1.54) is 12.1 Å². The second-order valence-electron chi connectivity index (χ2n) is 3.11. The summed E-state index contributed by atoms with van der Waals surface area (Å²) in [6.07, 6.45) is 0.129. The second-order valence-corrected chi connectivity index (χ2v) is 3.11. The maximum atomic E-state index is 10.5. The average Bonchev–Trinajstić information content (AvgIpc) is 2.20. The van der Waals surface area contributed by atoms with Gasteiger partial charge >= 0.3 is 5.97 Å². The number of phenolic OH excluding ortho intramolecular Hbond substituents is 1. The molecule has 0 bridgehead atoms. The number of hydrogen-bond acceptors (Lipinski definition) is 4. The lowest BCUT2D eigenvalue weighted by Crippen LogP contribution is -2.32. The summed E-state index contributed by atoms with van der Waals surface area (Å²) in [5.41, 5.74) is 6.06. The van der Waals surface area contributed by atoms with Gasteiger partial charge in [-0.15, -0.1) is 0 Å². The number of phenols is 1. The predicted molar refractivity (Wildman–Crippen MR) is 52.1 cm³/mol. The maximum absolute atomic E-state index is 10.5. The Labute approximate surface area is 86.4 Å². The van der Waals surface area contributed by atoms with E-state index in [-0.39, 0.29) is 17.7 Å². The van der Waals surface area contributed by atoms with Gasteiger partial charge in [0.25, 0.3) is 0 Å². The molecule has 4 N–H and O–H groups in total. The topological polar surface area (TPSA) is 107 Å². The molecule has 1 aromatic carbocycles. The molecular weight excluding hydrogens is 196 g/mol. The lowest BCUT2D eigenvalue weighted by atomic mass is 10.0. The first-order valence-electron chi connectivity index (χ1n) is 4.25. The molecule has 0 saturated heterocycles. The molecule has 5 heteroatoms. The number of carboxylic acids is 1. The first-order valence-corrected chi connectivity index (χ1v) is 4.25. The molecule has 0 heterocycles. The van der Waals surface area contributed by atoms with E-state index < -0.39 is 12.0 Å². The van der Waals surface area contributed by atoms with E-state index in [1.807, 2.05) is 0 Å². The smallest absolute Gasteiger partial charge is 0.320 e. The number of nitrogens with zero attached hydrogens (tertiary/aromatic N) is 1. The number of carboxylic acid groups (broad SMARTS) is 1. The molecule has 0 aliphatic carbocycles. The minimum atomic E-state index is -1.10. The molecule has 0 saturated carbocycles. The number of carbonyl (C=O) groups is 1. The van der Waals surface area contributed by atoms with Gasteiger partial charge in [0.1, 0.15) is 17.9 Å². The fraction of sp³-hybridized carbons (Fsp3) is 0.200. The van der Waals surface area contributed by atoms with Gasteiger partial charge in [0.2, 0.25) is 0 Å². The van der Waals surface area contributed by atoms with Crippen LogP contribution in [0.25, 0.3) is 0 Å². The first-order chi connectivity index (χ1) is 7.04. The molecule has 78 valence electrons. The molecule has 0 unspecified atom stereocenters. The van der Waals surface area contributed by atoms with E-state index in [4.69, 9.17) is 16.1 Å². The molecule has 0 amide bonds.